The fourth-order valence-corrected chi connectivity index (χ4v) is 6.37. The molecule has 1 saturated heterocycles. The number of nitrogens with zero attached hydrogens (tertiary/aromatic N) is 6. The summed E-state index contributed by atoms with van der Waals surface area (Å²) in [4.78, 5) is 12.4. The van der Waals surface area contributed by atoms with Crippen LogP contribution < -0.4 is 5.32 Å². The van der Waals surface area contributed by atoms with Crippen LogP contribution in [-0.2, 0) is 18.3 Å². The van der Waals surface area contributed by atoms with Gasteiger partial charge in [-0.1, -0.05) is 18.2 Å². The van der Waals surface area contributed by atoms with E-state index in [1.165, 1.54) is 48.1 Å². The molecule has 2 aliphatic heterocycles. The number of aromatic nitrogens is 4. The SMILES string of the molecule is C/C=C1/C(c2nc(C3=Cc4cn(CCN5CCOCC5)nc4NC3C3CC3)n(C)c2C2CC2)=CC=CC1=NC. The smallest absolute Gasteiger partial charge is 0.155 e. The molecule has 3 fully saturated rings. The first kappa shape index (κ1) is 24.8. The van der Waals surface area contributed by atoms with Crippen molar-refractivity contribution in [2.75, 3.05) is 45.2 Å². The third-order valence-electron chi connectivity index (χ3n) is 8.80. The van der Waals surface area contributed by atoms with Crippen LogP contribution in [-0.4, -0.2) is 75.9 Å². The molecule has 204 valence electrons. The van der Waals surface area contributed by atoms with Crippen molar-refractivity contribution in [1.82, 2.24) is 24.2 Å². The standard InChI is InChI=1S/C31H39N7O/c1-4-23-24(6-5-7-26(23)32-2)28-29(21-10-11-21)36(3)31(34-28)25-18-22-19-38(13-12-37-14-16-39-17-15-37)35-30(22)33-27(25)20-8-9-20/h4-7,18-21,27H,8-17H2,1-3H3,(H,33,35)/b23-4-,32-26?. The van der Waals surface area contributed by atoms with Crippen molar-refractivity contribution < 1.29 is 4.74 Å². The lowest BCUT2D eigenvalue weighted by molar-refractivity contribution is 0.0360. The van der Waals surface area contributed by atoms with E-state index in [9.17, 15) is 0 Å². The molecule has 8 heteroatoms. The highest BCUT2D eigenvalue weighted by Gasteiger charge is 2.40. The Kier molecular flexibility index (Phi) is 6.40. The normalized spacial score (nSPS) is 25.6. The summed E-state index contributed by atoms with van der Waals surface area (Å²) < 4.78 is 10.0. The molecule has 2 aromatic heterocycles. The van der Waals surface area contributed by atoms with Gasteiger partial charge < -0.3 is 14.6 Å². The second-order valence-electron chi connectivity index (χ2n) is 11.5. The molecule has 1 N–H and O–H groups in total. The molecule has 8 nitrogen and oxygen atoms in total. The Balaban J connectivity index is 1.25. The molecule has 39 heavy (non-hydrogen) atoms. The van der Waals surface area contributed by atoms with E-state index in [4.69, 9.17) is 14.8 Å². The van der Waals surface area contributed by atoms with Crippen LogP contribution in [0.4, 0.5) is 5.82 Å². The molecule has 5 aliphatic rings. The predicted octanol–water partition coefficient (Wildman–Crippen LogP) is 4.54. The van der Waals surface area contributed by atoms with Crippen LogP contribution in [0.5, 0.6) is 0 Å². The van der Waals surface area contributed by atoms with Gasteiger partial charge in [0, 0.05) is 73.8 Å². The Morgan fingerprint density at radius 3 is 2.69 bits per heavy atom. The molecule has 2 aromatic rings. The second kappa shape index (κ2) is 10.1. The molecule has 0 spiro atoms. The number of anilines is 1. The fraction of sp³-hybridized carbons (Fsp3) is 0.516. The summed E-state index contributed by atoms with van der Waals surface area (Å²) >= 11 is 0. The Morgan fingerprint density at radius 1 is 1.15 bits per heavy atom. The molecular weight excluding hydrogens is 486 g/mol. The number of hydrogen-bond acceptors (Lipinski definition) is 6. The summed E-state index contributed by atoms with van der Waals surface area (Å²) in [5, 5.41) is 8.80. The van der Waals surface area contributed by atoms with Crippen molar-refractivity contribution in [1.29, 1.82) is 0 Å². The summed E-state index contributed by atoms with van der Waals surface area (Å²) in [5.41, 5.74) is 8.33. The Morgan fingerprint density at radius 2 is 1.97 bits per heavy atom. The number of fused-ring (bicyclic) bond motifs is 1. The van der Waals surface area contributed by atoms with E-state index < -0.39 is 0 Å². The maximum Gasteiger partial charge on any atom is 0.155 e. The first-order valence-electron chi connectivity index (χ1n) is 14.6. The van der Waals surface area contributed by atoms with E-state index in [2.05, 4.69) is 75.0 Å². The number of nitrogens with one attached hydrogen (secondary N) is 1. The zero-order valence-electron chi connectivity index (χ0n) is 23.4. The summed E-state index contributed by atoms with van der Waals surface area (Å²) in [5.74, 6) is 3.31. The van der Waals surface area contributed by atoms with Crippen LogP contribution in [0.1, 0.15) is 61.3 Å². The fourth-order valence-electron chi connectivity index (χ4n) is 6.37. The van der Waals surface area contributed by atoms with E-state index in [-0.39, 0.29) is 6.04 Å². The van der Waals surface area contributed by atoms with Crippen LogP contribution in [0.3, 0.4) is 0 Å². The Labute approximate surface area is 230 Å². The Bertz CT molecular complexity index is 1420. The van der Waals surface area contributed by atoms with Gasteiger partial charge >= 0.3 is 0 Å². The summed E-state index contributed by atoms with van der Waals surface area (Å²) in [7, 11) is 4.09. The van der Waals surface area contributed by atoms with E-state index in [0.717, 1.165) is 68.0 Å². The molecule has 1 atom stereocenters. The molecule has 0 aromatic carbocycles. The molecule has 0 amide bonds. The van der Waals surface area contributed by atoms with Gasteiger partial charge in [-0.15, -0.1) is 0 Å². The molecule has 2 saturated carbocycles. The van der Waals surface area contributed by atoms with Gasteiger partial charge in [0.2, 0.25) is 0 Å². The predicted molar refractivity (Wildman–Crippen MR) is 157 cm³/mol. The highest BCUT2D eigenvalue weighted by atomic mass is 16.5. The van der Waals surface area contributed by atoms with E-state index >= 15 is 0 Å². The minimum absolute atomic E-state index is 0.246. The van der Waals surface area contributed by atoms with Gasteiger partial charge in [0.1, 0.15) is 5.82 Å². The Hall–Kier alpha value is -3.23. The highest BCUT2D eigenvalue weighted by molar-refractivity contribution is 6.20. The summed E-state index contributed by atoms with van der Waals surface area (Å²) in [6.45, 7) is 7.66. The number of aliphatic imine (C=N–C) groups is 1. The lowest BCUT2D eigenvalue weighted by atomic mass is 9.92. The number of allylic oxidation sites excluding steroid dienone is 6. The first-order chi connectivity index (χ1) is 19.1. The van der Waals surface area contributed by atoms with Crippen LogP contribution in [0, 0.1) is 5.92 Å². The molecular formula is C31H39N7O. The maximum atomic E-state index is 5.51. The van der Waals surface area contributed by atoms with Crippen molar-refractivity contribution in [3.8, 4) is 0 Å². The van der Waals surface area contributed by atoms with Gasteiger partial charge in [-0.2, -0.15) is 5.10 Å². The second-order valence-corrected chi connectivity index (χ2v) is 11.5. The largest absolute Gasteiger partial charge is 0.379 e. The van der Waals surface area contributed by atoms with Crippen LogP contribution in [0.15, 0.2) is 41.1 Å². The maximum absolute atomic E-state index is 5.51. The van der Waals surface area contributed by atoms with Gasteiger partial charge in [-0.05, 0) is 50.7 Å². The van der Waals surface area contributed by atoms with Gasteiger partial charge in [-0.3, -0.25) is 14.6 Å². The summed E-state index contributed by atoms with van der Waals surface area (Å²) in [6.07, 6.45) is 18.1. The number of imidazole rings is 1. The zero-order chi connectivity index (χ0) is 26.5. The first-order valence-corrected chi connectivity index (χ1v) is 14.6. The van der Waals surface area contributed by atoms with Crippen molar-refractivity contribution in [2.24, 2.45) is 18.0 Å². The molecule has 3 aliphatic carbocycles. The lowest BCUT2D eigenvalue weighted by Crippen LogP contribution is -2.38. The molecule has 0 radical (unpaired) electrons. The van der Waals surface area contributed by atoms with E-state index in [1.807, 2.05) is 7.05 Å². The quantitative estimate of drug-likeness (QED) is 0.575. The number of ether oxygens (including phenoxy) is 1. The zero-order valence-corrected chi connectivity index (χ0v) is 23.4. The van der Waals surface area contributed by atoms with E-state index in [0.29, 0.717) is 11.8 Å². The van der Waals surface area contributed by atoms with Gasteiger partial charge in [0.25, 0.3) is 0 Å². The summed E-state index contributed by atoms with van der Waals surface area (Å²) in [6, 6.07) is 0.246. The number of morpholine rings is 1. The van der Waals surface area contributed by atoms with Gasteiger partial charge in [0.05, 0.1) is 37.2 Å². The third kappa shape index (κ3) is 4.63. The minimum atomic E-state index is 0.246. The van der Waals surface area contributed by atoms with Crippen molar-refractivity contribution in [3.63, 3.8) is 0 Å². The van der Waals surface area contributed by atoms with Gasteiger partial charge in [0.15, 0.2) is 5.82 Å². The van der Waals surface area contributed by atoms with E-state index in [1.54, 1.807) is 0 Å². The average molecular weight is 526 g/mol. The third-order valence-corrected chi connectivity index (χ3v) is 8.80. The monoisotopic (exact) mass is 525 g/mol. The highest BCUT2D eigenvalue weighted by Crippen LogP contribution is 2.48. The van der Waals surface area contributed by atoms with Crippen molar-refractivity contribution in [2.45, 2.75) is 51.1 Å². The van der Waals surface area contributed by atoms with Crippen molar-refractivity contribution >= 4 is 28.8 Å². The molecule has 0 bridgehead atoms. The lowest BCUT2D eigenvalue weighted by Gasteiger charge is -2.26. The average Bonchev–Trinajstić information content (AvgIpc) is 3.91. The molecule has 1 unspecified atom stereocenters. The van der Waals surface area contributed by atoms with Crippen LogP contribution in [0.2, 0.25) is 0 Å². The molecule has 7 rings (SSSR count). The molecule has 4 heterocycles. The van der Waals surface area contributed by atoms with Crippen LogP contribution >= 0.6 is 0 Å². The number of rotatable bonds is 7. The van der Waals surface area contributed by atoms with Crippen LogP contribution in [0.25, 0.3) is 17.2 Å². The van der Waals surface area contributed by atoms with Gasteiger partial charge in [-0.25, -0.2) is 4.98 Å². The number of hydrogen-bond donors (Lipinski definition) is 1. The minimum Gasteiger partial charge on any atom is -0.379 e. The van der Waals surface area contributed by atoms with Crippen molar-refractivity contribution in [3.05, 3.63) is 58.8 Å². The topological polar surface area (TPSA) is 72.5 Å².